The summed E-state index contributed by atoms with van der Waals surface area (Å²) < 4.78 is 92.4. The van der Waals surface area contributed by atoms with Gasteiger partial charge in [0, 0.05) is 5.41 Å². The van der Waals surface area contributed by atoms with E-state index in [1.54, 1.807) is 0 Å². The van der Waals surface area contributed by atoms with Crippen molar-refractivity contribution in [2.45, 2.75) is 111 Å². The van der Waals surface area contributed by atoms with E-state index in [-0.39, 0.29) is 178 Å². The normalized spacial score (nSPS) is 18.5. The van der Waals surface area contributed by atoms with E-state index in [1.165, 1.54) is 0 Å². The Balaban J connectivity index is 6.92. The van der Waals surface area contributed by atoms with Gasteiger partial charge in [0.05, 0.1) is 231 Å². The van der Waals surface area contributed by atoms with Crippen molar-refractivity contribution in [1.29, 1.82) is 0 Å². The van der Waals surface area contributed by atoms with Crippen LogP contribution in [0.25, 0.3) is 0 Å². The van der Waals surface area contributed by atoms with Gasteiger partial charge in [-0.05, 0) is 6.42 Å². The minimum Gasteiger partial charge on any atom is -0.394 e. The van der Waals surface area contributed by atoms with E-state index < -0.39 is 163 Å². The van der Waals surface area contributed by atoms with Gasteiger partial charge in [-0.1, -0.05) is 6.92 Å². The van der Waals surface area contributed by atoms with Crippen LogP contribution in [0.1, 0.15) is 13.3 Å². The van der Waals surface area contributed by atoms with Crippen molar-refractivity contribution >= 4 is 0 Å². The van der Waals surface area contributed by atoms with Gasteiger partial charge in [-0.2, -0.15) is 0 Å². The first kappa shape index (κ1) is 87.6. The number of rotatable bonds is 68. The second-order valence-corrected chi connectivity index (χ2v) is 21.1. The Kier molecular flexibility index (Phi) is 57.1. The fraction of sp³-hybridized carbons (Fsp3) is 1.00. The minimum absolute atomic E-state index is 0.146. The molecule has 0 fully saturated rings. The number of aliphatic hydroxyl groups is 19. The van der Waals surface area contributed by atoms with Crippen LogP contribution >= 0.6 is 0 Å². The van der Waals surface area contributed by atoms with Gasteiger partial charge < -0.3 is 173 Å². The van der Waals surface area contributed by atoms with Crippen LogP contribution in [0, 0.1) is 5.41 Å². The third-order valence-corrected chi connectivity index (χ3v) is 12.2. The molecular formula is C54H110O35. The Bertz CT molecular complexity index is 1510. The van der Waals surface area contributed by atoms with Crippen LogP contribution in [0.4, 0.5) is 0 Å². The molecule has 0 saturated carbocycles. The minimum atomic E-state index is -1.26. The highest BCUT2D eigenvalue weighted by Crippen LogP contribution is 2.25. The molecule has 0 aromatic rings. The van der Waals surface area contributed by atoms with Crippen molar-refractivity contribution in [2.75, 3.05) is 231 Å². The molecule has 0 aliphatic carbocycles. The Labute approximate surface area is 519 Å². The van der Waals surface area contributed by atoms with Crippen molar-refractivity contribution in [3.63, 3.8) is 0 Å². The van der Waals surface area contributed by atoms with Gasteiger partial charge in [0.1, 0.15) is 97.7 Å². The molecular weight excluding hydrogens is 1210 g/mol. The Morgan fingerprint density at radius 3 is 0.674 bits per heavy atom. The molecule has 17 unspecified atom stereocenters. The summed E-state index contributed by atoms with van der Waals surface area (Å²) in [6.45, 7) is -9.83. The maximum Gasteiger partial charge on any atom is 0.104 e. The lowest BCUT2D eigenvalue weighted by Gasteiger charge is -2.34. The highest BCUT2D eigenvalue weighted by Gasteiger charge is 2.33. The lowest BCUT2D eigenvalue weighted by molar-refractivity contribution is -0.150. The molecule has 0 aromatic heterocycles. The van der Waals surface area contributed by atoms with Crippen LogP contribution < -0.4 is 0 Å². The second kappa shape index (κ2) is 58.0. The first-order valence-electron chi connectivity index (χ1n) is 29.5. The summed E-state index contributed by atoms with van der Waals surface area (Å²) >= 11 is 0. The molecule has 0 heterocycles. The lowest BCUT2D eigenvalue weighted by Crippen LogP contribution is -2.42. The zero-order valence-electron chi connectivity index (χ0n) is 51.2. The molecule has 0 rings (SSSR count). The molecule has 0 spiro atoms. The summed E-state index contributed by atoms with van der Waals surface area (Å²) in [6, 6.07) is 0. The highest BCUT2D eigenvalue weighted by molar-refractivity contribution is 4.80. The molecule has 0 bridgehead atoms. The van der Waals surface area contributed by atoms with E-state index in [4.69, 9.17) is 91.1 Å². The third kappa shape index (κ3) is 48.9. The molecule has 0 aliphatic rings. The Hall–Kier alpha value is -1.40. The molecule has 0 radical (unpaired) electrons. The van der Waals surface area contributed by atoms with Crippen molar-refractivity contribution in [2.24, 2.45) is 5.41 Å². The van der Waals surface area contributed by atoms with Crippen LogP contribution in [0.5, 0.6) is 0 Å². The molecule has 89 heavy (non-hydrogen) atoms. The average molecular weight is 1320 g/mol. The number of ether oxygens (including phenoxy) is 16. The summed E-state index contributed by atoms with van der Waals surface area (Å²) in [4.78, 5) is 0. The summed E-state index contributed by atoms with van der Waals surface area (Å²) in [6.07, 6.45) is -17.4. The number of hydrogen-bond acceptors (Lipinski definition) is 35. The van der Waals surface area contributed by atoms with Crippen LogP contribution in [-0.2, 0) is 75.8 Å². The fourth-order valence-corrected chi connectivity index (χ4v) is 6.88. The molecule has 19 N–H and O–H groups in total. The van der Waals surface area contributed by atoms with Gasteiger partial charge in [0.2, 0.25) is 0 Å². The van der Waals surface area contributed by atoms with Gasteiger partial charge in [-0.3, -0.25) is 0 Å². The van der Waals surface area contributed by atoms with Crippen molar-refractivity contribution in [3.8, 4) is 0 Å². The van der Waals surface area contributed by atoms with E-state index in [1.807, 2.05) is 6.92 Å². The van der Waals surface area contributed by atoms with E-state index in [0.29, 0.717) is 0 Å². The van der Waals surface area contributed by atoms with E-state index in [0.717, 1.165) is 0 Å². The van der Waals surface area contributed by atoms with Crippen LogP contribution in [0.15, 0.2) is 0 Å². The molecule has 536 valence electrons. The monoisotopic (exact) mass is 1320 g/mol. The highest BCUT2D eigenvalue weighted by atomic mass is 16.6. The summed E-state index contributed by atoms with van der Waals surface area (Å²) in [5, 5.41) is 185. The molecule has 0 aliphatic heterocycles. The molecule has 0 amide bonds. The van der Waals surface area contributed by atoms with Crippen LogP contribution in [0.2, 0.25) is 0 Å². The van der Waals surface area contributed by atoms with Gasteiger partial charge >= 0.3 is 0 Å². The standard InChI is InChI=1S/C54H110O35/c1-2-54(35-81-30-50(87-24-47(73)20-76-14-40(66)5-57)26-79-18-45(71)17-74-12-38(64)3-55,36-82-31-51(27-77-15-41(67)6-58)89-34-53(86-22-44(70)9-61)29-78-16-42(68)7-59)37-83-32-52(88-33-49(11-63)84-21-43(69)8-60)28-80-25-48(10-62)85-23-46(72)19-75-13-39(65)4-56/h38-53,55-73H,2-37H2,1H3. The number of hydrogen-bond donors (Lipinski definition) is 19. The van der Waals surface area contributed by atoms with Gasteiger partial charge in [-0.25, -0.2) is 0 Å². The first-order valence-corrected chi connectivity index (χ1v) is 29.5. The van der Waals surface area contributed by atoms with E-state index in [2.05, 4.69) is 0 Å². The second-order valence-electron chi connectivity index (χ2n) is 21.1. The van der Waals surface area contributed by atoms with Crippen molar-refractivity contribution in [3.05, 3.63) is 0 Å². The third-order valence-electron chi connectivity index (χ3n) is 12.2. The van der Waals surface area contributed by atoms with Crippen LogP contribution in [-0.4, -0.2) is 426 Å². The average Bonchev–Trinajstić information content (AvgIpc) is 3.42. The lowest BCUT2D eigenvalue weighted by atomic mass is 9.88. The van der Waals surface area contributed by atoms with Crippen molar-refractivity contribution < 1.29 is 173 Å². The van der Waals surface area contributed by atoms with Gasteiger partial charge in [0.25, 0.3) is 0 Å². The molecule has 0 saturated heterocycles. The predicted molar refractivity (Wildman–Crippen MR) is 303 cm³/mol. The SMILES string of the molecule is CCC(COCC(COCC(O)COCC(O)CO)OCC(O)COCC(O)CO)(COCC(COCC(CO)OCC(O)COCC(O)CO)OCC(CO)OCC(O)CO)COCC(COCC(O)CO)OCC(COCC(O)CO)OCC(O)CO. The molecule has 35 nitrogen and oxygen atoms in total. The number of aliphatic hydroxyl groups excluding tert-OH is 19. The Morgan fingerprint density at radius 2 is 0.382 bits per heavy atom. The molecule has 0 aromatic carbocycles. The van der Waals surface area contributed by atoms with E-state index >= 15 is 0 Å². The maximum atomic E-state index is 10.7. The zero-order valence-corrected chi connectivity index (χ0v) is 51.2. The largest absolute Gasteiger partial charge is 0.394 e. The van der Waals surface area contributed by atoms with Gasteiger partial charge in [0.15, 0.2) is 0 Å². The van der Waals surface area contributed by atoms with Crippen molar-refractivity contribution in [1.82, 2.24) is 0 Å². The maximum absolute atomic E-state index is 10.7. The van der Waals surface area contributed by atoms with Gasteiger partial charge in [-0.15, -0.1) is 0 Å². The zero-order chi connectivity index (χ0) is 66.5. The first-order chi connectivity index (χ1) is 42.8. The quantitative estimate of drug-likeness (QED) is 0.0269. The van der Waals surface area contributed by atoms with E-state index in [9.17, 15) is 81.7 Å². The van der Waals surface area contributed by atoms with Crippen LogP contribution in [0.3, 0.4) is 0 Å². The summed E-state index contributed by atoms with van der Waals surface area (Å²) in [5.74, 6) is 0. The predicted octanol–water partition coefficient (Wildman–Crippen LogP) is -10.6. The summed E-state index contributed by atoms with van der Waals surface area (Å²) in [7, 11) is 0. The smallest absolute Gasteiger partial charge is 0.104 e. The molecule has 17 atom stereocenters. The topological polar surface area (TPSA) is 532 Å². The fourth-order valence-electron chi connectivity index (χ4n) is 6.88. The summed E-state index contributed by atoms with van der Waals surface area (Å²) in [5.41, 5.74) is -1.08. The molecule has 35 heteroatoms. The Morgan fingerprint density at radius 1 is 0.202 bits per heavy atom.